The Hall–Kier alpha value is -4.83. The Kier molecular flexibility index (Phi) is 12.9. The SMILES string of the molecule is Nc1nc(OCc2ccc(CNC(=O)CCCC(=O)NCCOCCOCC(=O)NCC(=O)O)cc2)c2[nH]cnc2n1. The van der Waals surface area contributed by atoms with Gasteiger partial charge < -0.3 is 46.0 Å². The lowest BCUT2D eigenvalue weighted by atomic mass is 10.1. The highest BCUT2D eigenvalue weighted by molar-refractivity contribution is 5.82. The molecule has 0 spiro atoms. The largest absolute Gasteiger partial charge is 0.480 e. The van der Waals surface area contributed by atoms with Crippen LogP contribution in [0.5, 0.6) is 5.88 Å². The van der Waals surface area contributed by atoms with Gasteiger partial charge in [0.1, 0.15) is 25.3 Å². The third-order valence-electron chi connectivity index (χ3n) is 5.58. The fourth-order valence-electron chi connectivity index (χ4n) is 3.49. The monoisotopic (exact) mass is 586 g/mol. The van der Waals surface area contributed by atoms with Crippen LogP contribution in [0.15, 0.2) is 30.6 Å². The van der Waals surface area contributed by atoms with Crippen molar-refractivity contribution in [2.75, 3.05) is 45.3 Å². The summed E-state index contributed by atoms with van der Waals surface area (Å²) in [5.41, 5.74) is 8.51. The molecule has 0 saturated carbocycles. The van der Waals surface area contributed by atoms with Crippen LogP contribution in [0.1, 0.15) is 30.4 Å². The topological polar surface area (TPSA) is 233 Å². The Morgan fingerprint density at radius 2 is 1.60 bits per heavy atom. The first-order chi connectivity index (χ1) is 20.3. The minimum atomic E-state index is -1.14. The van der Waals surface area contributed by atoms with Crippen LogP contribution in [0.2, 0.25) is 0 Å². The van der Waals surface area contributed by atoms with E-state index in [2.05, 4.69) is 35.9 Å². The van der Waals surface area contributed by atoms with Gasteiger partial charge in [0, 0.05) is 25.9 Å². The van der Waals surface area contributed by atoms with Gasteiger partial charge in [0.05, 0.1) is 26.1 Å². The van der Waals surface area contributed by atoms with Gasteiger partial charge in [0.15, 0.2) is 5.65 Å². The van der Waals surface area contributed by atoms with Crippen LogP contribution in [0, 0.1) is 0 Å². The van der Waals surface area contributed by atoms with Crippen molar-refractivity contribution in [3.05, 3.63) is 41.7 Å². The second kappa shape index (κ2) is 17.1. The van der Waals surface area contributed by atoms with Crippen molar-refractivity contribution in [3.63, 3.8) is 0 Å². The maximum atomic E-state index is 12.2. The van der Waals surface area contributed by atoms with Crippen molar-refractivity contribution in [2.24, 2.45) is 0 Å². The Balaban J connectivity index is 1.19. The van der Waals surface area contributed by atoms with E-state index in [0.29, 0.717) is 36.6 Å². The van der Waals surface area contributed by atoms with Gasteiger partial charge in [-0.1, -0.05) is 24.3 Å². The summed E-state index contributed by atoms with van der Waals surface area (Å²) < 4.78 is 16.1. The van der Waals surface area contributed by atoms with E-state index in [1.807, 2.05) is 24.3 Å². The number of nitrogen functional groups attached to an aromatic ring is 1. The standard InChI is InChI=1S/C26H34N8O8/c27-26-33-24-23(31-16-32-24)25(34-26)42-14-18-6-4-17(5-7-18)12-29-20(36)3-1-2-19(35)28-8-9-40-10-11-41-15-21(37)30-13-22(38)39/h4-7,16H,1-3,8-15H2,(H,28,35)(H,29,36)(H,30,37)(H,38,39)(H3,27,31,32,33,34). The Morgan fingerprint density at radius 3 is 2.36 bits per heavy atom. The van der Waals surface area contributed by atoms with E-state index in [1.54, 1.807) is 0 Å². The average molecular weight is 587 g/mol. The zero-order valence-corrected chi connectivity index (χ0v) is 22.9. The number of amides is 3. The average Bonchev–Trinajstić information content (AvgIpc) is 3.44. The van der Waals surface area contributed by atoms with E-state index >= 15 is 0 Å². The maximum Gasteiger partial charge on any atom is 0.322 e. The summed E-state index contributed by atoms with van der Waals surface area (Å²) in [6, 6.07) is 7.56. The highest BCUT2D eigenvalue weighted by Gasteiger charge is 2.10. The van der Waals surface area contributed by atoms with Gasteiger partial charge >= 0.3 is 5.97 Å². The van der Waals surface area contributed by atoms with Gasteiger partial charge in [0.2, 0.25) is 29.5 Å². The number of fused-ring (bicyclic) bond motifs is 1. The lowest BCUT2D eigenvalue weighted by Gasteiger charge is -2.09. The van der Waals surface area contributed by atoms with E-state index in [1.165, 1.54) is 6.33 Å². The summed E-state index contributed by atoms with van der Waals surface area (Å²) in [5, 5.41) is 16.2. The van der Waals surface area contributed by atoms with Gasteiger partial charge in [-0.15, -0.1) is 0 Å². The van der Waals surface area contributed by atoms with E-state index in [0.717, 1.165) is 11.1 Å². The lowest BCUT2D eigenvalue weighted by Crippen LogP contribution is -2.32. The maximum absolute atomic E-state index is 12.2. The molecule has 0 bridgehead atoms. The molecule has 3 amide bonds. The number of carboxylic acid groups (broad SMARTS) is 1. The van der Waals surface area contributed by atoms with Crippen LogP contribution in [-0.2, 0) is 41.8 Å². The third kappa shape index (κ3) is 11.7. The Morgan fingerprint density at radius 1 is 0.881 bits per heavy atom. The zero-order valence-electron chi connectivity index (χ0n) is 22.9. The molecule has 2 aromatic heterocycles. The molecule has 16 heteroatoms. The van der Waals surface area contributed by atoms with Crippen molar-refractivity contribution >= 4 is 40.8 Å². The van der Waals surface area contributed by atoms with Crippen molar-refractivity contribution < 1.29 is 38.5 Å². The smallest absolute Gasteiger partial charge is 0.322 e. The number of hydrogen-bond donors (Lipinski definition) is 6. The molecular formula is C26H34N8O8. The van der Waals surface area contributed by atoms with Crippen LogP contribution in [0.25, 0.3) is 11.2 Å². The molecule has 3 rings (SSSR count). The number of nitrogens with one attached hydrogen (secondary N) is 4. The molecule has 0 unspecified atom stereocenters. The zero-order chi connectivity index (χ0) is 30.2. The van der Waals surface area contributed by atoms with Gasteiger partial charge in [0.25, 0.3) is 0 Å². The van der Waals surface area contributed by atoms with Crippen LogP contribution < -0.4 is 26.4 Å². The highest BCUT2D eigenvalue weighted by Crippen LogP contribution is 2.20. The first-order valence-corrected chi connectivity index (χ1v) is 13.1. The number of rotatable bonds is 19. The van der Waals surface area contributed by atoms with E-state index in [-0.39, 0.29) is 63.6 Å². The first kappa shape index (κ1) is 31.7. The van der Waals surface area contributed by atoms with Gasteiger partial charge in [-0.3, -0.25) is 19.2 Å². The number of nitrogens with zero attached hydrogens (tertiary/aromatic N) is 3. The van der Waals surface area contributed by atoms with Crippen LogP contribution >= 0.6 is 0 Å². The summed E-state index contributed by atoms with van der Waals surface area (Å²) >= 11 is 0. The molecule has 2 heterocycles. The number of aliphatic carboxylic acids is 1. The van der Waals surface area contributed by atoms with Crippen LogP contribution in [0.4, 0.5) is 5.95 Å². The molecule has 0 aliphatic heterocycles. The molecule has 0 saturated heterocycles. The number of imidazole rings is 1. The fourth-order valence-corrected chi connectivity index (χ4v) is 3.49. The second-order valence-electron chi connectivity index (χ2n) is 8.91. The van der Waals surface area contributed by atoms with Gasteiger partial charge in [-0.25, -0.2) is 4.98 Å². The molecule has 3 aromatic rings. The number of carbonyl (C=O) groups excluding carboxylic acids is 3. The number of anilines is 1. The summed E-state index contributed by atoms with van der Waals surface area (Å²) in [6.45, 7) is 0.816. The van der Waals surface area contributed by atoms with Crippen LogP contribution in [0.3, 0.4) is 0 Å². The number of aromatic amines is 1. The van der Waals surface area contributed by atoms with E-state index < -0.39 is 18.4 Å². The number of aromatic nitrogens is 4. The number of carbonyl (C=O) groups is 4. The lowest BCUT2D eigenvalue weighted by molar-refractivity contribution is -0.138. The Bertz CT molecular complexity index is 1330. The van der Waals surface area contributed by atoms with Crippen molar-refractivity contribution in [2.45, 2.75) is 32.4 Å². The molecule has 226 valence electrons. The molecule has 0 aliphatic rings. The predicted molar refractivity (Wildman–Crippen MR) is 148 cm³/mol. The molecule has 0 fully saturated rings. The fraction of sp³-hybridized carbons (Fsp3) is 0.423. The summed E-state index contributed by atoms with van der Waals surface area (Å²) in [4.78, 5) is 60.8. The van der Waals surface area contributed by atoms with E-state index in [4.69, 9.17) is 25.1 Å². The molecule has 42 heavy (non-hydrogen) atoms. The minimum absolute atomic E-state index is 0.0727. The molecule has 7 N–H and O–H groups in total. The molecule has 0 radical (unpaired) electrons. The second-order valence-corrected chi connectivity index (χ2v) is 8.91. The number of H-pyrrole nitrogens is 1. The Labute approximate surface area is 240 Å². The third-order valence-corrected chi connectivity index (χ3v) is 5.58. The van der Waals surface area contributed by atoms with Crippen molar-refractivity contribution in [3.8, 4) is 5.88 Å². The van der Waals surface area contributed by atoms with Crippen LogP contribution in [-0.4, -0.2) is 88.3 Å². The number of carboxylic acids is 1. The normalized spacial score (nSPS) is 10.8. The quantitative estimate of drug-likeness (QED) is 0.0990. The predicted octanol–water partition coefficient (Wildman–Crippen LogP) is -0.349. The number of ether oxygens (including phenoxy) is 3. The number of benzene rings is 1. The minimum Gasteiger partial charge on any atom is -0.480 e. The number of hydrogen-bond acceptors (Lipinski definition) is 11. The van der Waals surface area contributed by atoms with E-state index in [9.17, 15) is 19.2 Å². The molecule has 0 atom stereocenters. The molecule has 16 nitrogen and oxygen atoms in total. The first-order valence-electron chi connectivity index (χ1n) is 13.1. The summed E-state index contributed by atoms with van der Waals surface area (Å²) in [6.07, 6.45) is 2.32. The molecular weight excluding hydrogens is 552 g/mol. The summed E-state index contributed by atoms with van der Waals surface area (Å²) in [7, 11) is 0. The number of nitrogens with two attached hydrogens (primary N) is 1. The molecule has 1 aromatic carbocycles. The van der Waals surface area contributed by atoms with Gasteiger partial charge in [-0.05, 0) is 17.5 Å². The van der Waals surface area contributed by atoms with Crippen molar-refractivity contribution in [1.82, 2.24) is 35.9 Å². The molecule has 0 aliphatic carbocycles. The summed E-state index contributed by atoms with van der Waals surface area (Å²) in [5.74, 6) is -1.62. The van der Waals surface area contributed by atoms with Crippen molar-refractivity contribution in [1.29, 1.82) is 0 Å². The van der Waals surface area contributed by atoms with Gasteiger partial charge in [-0.2, -0.15) is 9.97 Å². The highest BCUT2D eigenvalue weighted by atomic mass is 16.5.